The third-order valence-corrected chi connectivity index (χ3v) is 3.91. The summed E-state index contributed by atoms with van der Waals surface area (Å²) in [7, 11) is 0. The van der Waals surface area contributed by atoms with E-state index in [1.54, 1.807) is 18.0 Å². The lowest BCUT2D eigenvalue weighted by Gasteiger charge is -2.02. The van der Waals surface area contributed by atoms with Crippen molar-refractivity contribution in [1.29, 1.82) is 5.26 Å². The Morgan fingerprint density at radius 1 is 1.26 bits per heavy atom. The van der Waals surface area contributed by atoms with Gasteiger partial charge in [-0.3, -0.25) is 0 Å². The second-order valence-corrected chi connectivity index (χ2v) is 5.20. The lowest BCUT2D eigenvalue weighted by Crippen LogP contribution is -1.82. The number of benzene rings is 1. The van der Waals surface area contributed by atoms with Crippen molar-refractivity contribution in [3.05, 3.63) is 59.9 Å². The summed E-state index contributed by atoms with van der Waals surface area (Å²) >= 11 is 1.73. The van der Waals surface area contributed by atoms with Gasteiger partial charge >= 0.3 is 0 Å². The summed E-state index contributed by atoms with van der Waals surface area (Å²) in [5.41, 5.74) is 2.69. The molecule has 0 spiro atoms. The maximum Gasteiger partial charge on any atom is 0.138 e. The van der Waals surface area contributed by atoms with Gasteiger partial charge in [0.05, 0.1) is 5.56 Å². The fourth-order valence-electron chi connectivity index (χ4n) is 1.90. The number of aromatic nitrogens is 2. The van der Waals surface area contributed by atoms with Gasteiger partial charge < -0.3 is 4.98 Å². The summed E-state index contributed by atoms with van der Waals surface area (Å²) in [4.78, 5) is 8.41. The molecule has 19 heavy (non-hydrogen) atoms. The first-order valence-corrected chi connectivity index (χ1v) is 6.89. The van der Waals surface area contributed by atoms with Crippen molar-refractivity contribution in [3.63, 3.8) is 0 Å². The number of hydrogen-bond acceptors (Lipinski definition) is 3. The first-order chi connectivity index (χ1) is 9.36. The van der Waals surface area contributed by atoms with Crippen LogP contribution in [0.2, 0.25) is 0 Å². The molecule has 3 nitrogen and oxygen atoms in total. The maximum atomic E-state index is 9.02. The minimum absolute atomic E-state index is 0.643. The smallest absolute Gasteiger partial charge is 0.138 e. The lowest BCUT2D eigenvalue weighted by molar-refractivity contribution is 1.26. The number of nitriles is 1. The Morgan fingerprint density at radius 2 is 2.11 bits per heavy atom. The molecule has 0 aliphatic heterocycles. The van der Waals surface area contributed by atoms with E-state index in [4.69, 9.17) is 5.26 Å². The predicted octanol–water partition coefficient (Wildman–Crippen LogP) is 3.73. The average molecular weight is 265 g/mol. The monoisotopic (exact) mass is 265 g/mol. The third kappa shape index (κ3) is 2.47. The summed E-state index contributed by atoms with van der Waals surface area (Å²) in [6, 6.07) is 14.5. The van der Waals surface area contributed by atoms with Crippen LogP contribution in [0.4, 0.5) is 0 Å². The highest BCUT2D eigenvalue weighted by Gasteiger charge is 2.05. The van der Waals surface area contributed by atoms with Gasteiger partial charge in [-0.1, -0.05) is 30.3 Å². The van der Waals surface area contributed by atoms with Crippen molar-refractivity contribution in [2.24, 2.45) is 0 Å². The summed E-state index contributed by atoms with van der Waals surface area (Å²) < 4.78 is 0. The van der Waals surface area contributed by atoms with Gasteiger partial charge in [-0.2, -0.15) is 5.26 Å². The van der Waals surface area contributed by atoms with E-state index in [9.17, 15) is 0 Å². The Morgan fingerprint density at radius 3 is 2.89 bits per heavy atom. The second-order valence-electron chi connectivity index (χ2n) is 4.16. The Kier molecular flexibility index (Phi) is 3.21. The fraction of sp³-hybridized carbons (Fsp3) is 0.0667. The average Bonchev–Trinajstić information content (AvgIpc) is 2.88. The van der Waals surface area contributed by atoms with E-state index in [1.165, 1.54) is 5.56 Å². The molecule has 92 valence electrons. The molecule has 3 aromatic rings. The molecule has 0 aliphatic carbocycles. The van der Waals surface area contributed by atoms with Crippen LogP contribution in [-0.4, -0.2) is 9.97 Å². The molecule has 0 saturated heterocycles. The number of hydrogen-bond donors (Lipinski definition) is 1. The summed E-state index contributed by atoms with van der Waals surface area (Å²) in [6.45, 7) is 0. The van der Waals surface area contributed by atoms with Crippen molar-refractivity contribution in [2.45, 2.75) is 10.6 Å². The van der Waals surface area contributed by atoms with Gasteiger partial charge in [0.25, 0.3) is 0 Å². The van der Waals surface area contributed by atoms with Crippen molar-refractivity contribution in [2.75, 3.05) is 0 Å². The van der Waals surface area contributed by atoms with Crippen LogP contribution < -0.4 is 0 Å². The van der Waals surface area contributed by atoms with Crippen molar-refractivity contribution < 1.29 is 0 Å². The summed E-state index contributed by atoms with van der Waals surface area (Å²) in [5.74, 6) is 0.903. The van der Waals surface area contributed by atoms with Gasteiger partial charge in [0.1, 0.15) is 11.7 Å². The van der Waals surface area contributed by atoms with E-state index in [-0.39, 0.29) is 0 Å². The number of aromatic amines is 1. The first-order valence-electron chi connectivity index (χ1n) is 5.91. The van der Waals surface area contributed by atoms with Crippen LogP contribution in [0.1, 0.15) is 11.1 Å². The fourth-order valence-corrected chi connectivity index (χ4v) is 2.75. The molecule has 0 atom stereocenters. The predicted molar refractivity (Wildman–Crippen MR) is 76.8 cm³/mol. The molecule has 4 heteroatoms. The molecular weight excluding hydrogens is 254 g/mol. The molecule has 0 radical (unpaired) electrons. The zero-order chi connectivity index (χ0) is 13.1. The molecule has 2 aromatic heterocycles. The highest BCUT2D eigenvalue weighted by molar-refractivity contribution is 7.98. The number of pyridine rings is 1. The van der Waals surface area contributed by atoms with E-state index in [0.29, 0.717) is 5.56 Å². The van der Waals surface area contributed by atoms with Crippen LogP contribution in [0.25, 0.3) is 11.0 Å². The van der Waals surface area contributed by atoms with Crippen molar-refractivity contribution in [3.8, 4) is 6.07 Å². The van der Waals surface area contributed by atoms with Gasteiger partial charge in [-0.05, 0) is 11.6 Å². The molecule has 0 amide bonds. The number of nitrogens with zero attached hydrogens (tertiary/aromatic N) is 2. The molecule has 2 heterocycles. The van der Waals surface area contributed by atoms with Crippen LogP contribution in [0.15, 0.2) is 53.7 Å². The summed E-state index contributed by atoms with van der Waals surface area (Å²) in [5, 5.41) is 9.91. The van der Waals surface area contributed by atoms with Crippen molar-refractivity contribution >= 4 is 22.8 Å². The van der Waals surface area contributed by atoms with Gasteiger partial charge in [0.2, 0.25) is 0 Å². The van der Waals surface area contributed by atoms with Crippen molar-refractivity contribution in [1.82, 2.24) is 9.97 Å². The standard InChI is InChI=1S/C15H11N3S/c16-7-12-8-17-15-14(12)6-13(9-18-15)19-10-11-4-2-1-3-5-11/h1-6,8-9H,10H2,(H,17,18). The molecule has 3 rings (SSSR count). The Bertz CT molecular complexity index is 741. The van der Waals surface area contributed by atoms with Crippen LogP contribution in [0.5, 0.6) is 0 Å². The highest BCUT2D eigenvalue weighted by atomic mass is 32.2. The number of H-pyrrole nitrogens is 1. The van der Waals surface area contributed by atoms with Gasteiger partial charge in [-0.25, -0.2) is 4.98 Å². The summed E-state index contributed by atoms with van der Waals surface area (Å²) in [6.07, 6.45) is 3.54. The maximum absolute atomic E-state index is 9.02. The number of thioether (sulfide) groups is 1. The molecule has 0 bridgehead atoms. The number of nitrogens with one attached hydrogen (secondary N) is 1. The van der Waals surface area contributed by atoms with Crippen LogP contribution in [0.3, 0.4) is 0 Å². The van der Waals surface area contributed by atoms with Gasteiger partial charge in [-0.15, -0.1) is 11.8 Å². The zero-order valence-corrected chi connectivity index (χ0v) is 10.9. The minimum Gasteiger partial charge on any atom is -0.345 e. The molecule has 0 fully saturated rings. The molecule has 1 N–H and O–H groups in total. The minimum atomic E-state index is 0.643. The number of rotatable bonds is 3. The zero-order valence-electron chi connectivity index (χ0n) is 10.1. The Balaban J connectivity index is 1.84. The Labute approximate surface area is 115 Å². The van der Waals surface area contributed by atoms with E-state index in [2.05, 4.69) is 28.2 Å². The van der Waals surface area contributed by atoms with Crippen LogP contribution >= 0.6 is 11.8 Å². The highest BCUT2D eigenvalue weighted by Crippen LogP contribution is 2.26. The molecule has 0 saturated carbocycles. The quantitative estimate of drug-likeness (QED) is 0.734. The number of fused-ring (bicyclic) bond motifs is 1. The SMILES string of the molecule is N#Cc1c[nH]c2ncc(SCc3ccccc3)cc12. The molecule has 0 aliphatic rings. The van der Waals surface area contributed by atoms with Gasteiger partial charge in [0.15, 0.2) is 0 Å². The molecule has 1 aromatic carbocycles. The van der Waals surface area contributed by atoms with E-state index < -0.39 is 0 Å². The molecule has 0 unspecified atom stereocenters. The topological polar surface area (TPSA) is 52.5 Å². The normalized spacial score (nSPS) is 10.5. The van der Waals surface area contributed by atoms with E-state index >= 15 is 0 Å². The van der Waals surface area contributed by atoms with Gasteiger partial charge in [0, 0.05) is 28.4 Å². The largest absolute Gasteiger partial charge is 0.345 e. The second kappa shape index (κ2) is 5.17. The van der Waals surface area contributed by atoms with Crippen LogP contribution in [0, 0.1) is 11.3 Å². The third-order valence-electron chi connectivity index (χ3n) is 2.87. The van der Waals surface area contributed by atoms with E-state index in [0.717, 1.165) is 21.7 Å². The first kappa shape index (κ1) is 11.8. The van der Waals surface area contributed by atoms with E-state index in [1.807, 2.05) is 30.5 Å². The molecular formula is C15H11N3S. The Hall–Kier alpha value is -2.25. The van der Waals surface area contributed by atoms with Crippen LogP contribution in [-0.2, 0) is 5.75 Å². The lowest BCUT2D eigenvalue weighted by atomic mass is 10.2.